The van der Waals surface area contributed by atoms with Crippen LogP contribution < -0.4 is 27.0 Å². The highest BCUT2D eigenvalue weighted by Crippen LogP contribution is 2.32. The minimum absolute atomic E-state index is 0.388. The summed E-state index contributed by atoms with van der Waals surface area (Å²) in [6.45, 7) is 3.64. The molecule has 1 saturated heterocycles. The molecule has 4 rings (SSSR count). The Bertz CT molecular complexity index is 1070. The van der Waals surface area contributed by atoms with Gasteiger partial charge in [0, 0.05) is 37.9 Å². The molecular weight excluding hydrogens is 386 g/mol. The van der Waals surface area contributed by atoms with Gasteiger partial charge in [0.25, 0.3) is 0 Å². The predicted molar refractivity (Wildman–Crippen MR) is 117 cm³/mol. The number of likely N-dealkylation sites (N-methyl/N-ethyl adjacent to an activating group) is 1. The summed E-state index contributed by atoms with van der Waals surface area (Å²) in [5, 5.41) is 10.4. The summed E-state index contributed by atoms with van der Waals surface area (Å²) in [5.41, 5.74) is 15.2. The number of nitrogens with two attached hydrogens (primary N) is 2. The third kappa shape index (κ3) is 3.87. The van der Waals surface area contributed by atoms with E-state index in [0.717, 1.165) is 37.6 Å². The molecule has 0 unspecified atom stereocenters. The number of aromatic nitrogens is 3. The Kier molecular flexibility index (Phi) is 5.19. The third-order valence-electron chi connectivity index (χ3n) is 5.06. The zero-order chi connectivity index (χ0) is 21.3. The standard InChI is InChI=1S/C19H25N9O2/c1-26-5-7-27(8-6-26)15-4-3-12(9-14(15)24-19(29)30-2)23-17-10-13(20)18-22-11-16(21)28(18)25-17/h3-4,9-11H,5-8,20-21H2,1-2H3,(H,23,25)(H,24,29). The zero-order valence-electron chi connectivity index (χ0n) is 16.9. The fourth-order valence-electron chi connectivity index (χ4n) is 3.42. The molecule has 6 N–H and O–H groups in total. The molecule has 0 saturated carbocycles. The number of nitrogens with one attached hydrogen (secondary N) is 2. The minimum atomic E-state index is -0.530. The number of carbonyl (C=O) groups excluding carboxylic acids is 1. The summed E-state index contributed by atoms with van der Waals surface area (Å²) >= 11 is 0. The second-order valence-corrected chi connectivity index (χ2v) is 7.17. The number of rotatable bonds is 4. The molecule has 1 aliphatic heterocycles. The van der Waals surface area contributed by atoms with E-state index in [1.54, 1.807) is 6.07 Å². The van der Waals surface area contributed by atoms with E-state index in [0.29, 0.717) is 28.7 Å². The van der Waals surface area contributed by atoms with E-state index in [9.17, 15) is 4.79 Å². The number of imidazole rings is 1. The van der Waals surface area contributed by atoms with Crippen LogP contribution in [0.2, 0.25) is 0 Å². The molecule has 11 heteroatoms. The Balaban J connectivity index is 1.64. The molecule has 1 aromatic carbocycles. The molecule has 0 aliphatic carbocycles. The number of benzene rings is 1. The largest absolute Gasteiger partial charge is 0.453 e. The van der Waals surface area contributed by atoms with Crippen LogP contribution in [-0.4, -0.2) is 65.9 Å². The zero-order valence-corrected chi connectivity index (χ0v) is 16.9. The summed E-state index contributed by atoms with van der Waals surface area (Å²) < 4.78 is 6.27. The first kappa shape index (κ1) is 19.6. The molecule has 3 heterocycles. The first-order valence-corrected chi connectivity index (χ1v) is 9.54. The van der Waals surface area contributed by atoms with Crippen LogP contribution in [-0.2, 0) is 4.74 Å². The van der Waals surface area contributed by atoms with Gasteiger partial charge in [-0.2, -0.15) is 4.52 Å². The summed E-state index contributed by atoms with van der Waals surface area (Å²) in [4.78, 5) is 20.6. The number of carbonyl (C=O) groups is 1. The lowest BCUT2D eigenvalue weighted by molar-refractivity contribution is 0.187. The molecule has 1 aliphatic rings. The Hall–Kier alpha value is -3.73. The van der Waals surface area contributed by atoms with Gasteiger partial charge < -0.3 is 31.3 Å². The number of amides is 1. The van der Waals surface area contributed by atoms with Crippen LogP contribution >= 0.6 is 0 Å². The third-order valence-corrected chi connectivity index (χ3v) is 5.06. The van der Waals surface area contributed by atoms with Crippen molar-refractivity contribution >= 4 is 46.1 Å². The summed E-state index contributed by atoms with van der Waals surface area (Å²) in [6.07, 6.45) is 0.976. The molecule has 1 amide bonds. The molecule has 11 nitrogen and oxygen atoms in total. The van der Waals surface area contributed by atoms with Crippen LogP contribution in [0.1, 0.15) is 0 Å². The van der Waals surface area contributed by atoms with Crippen LogP contribution in [0.15, 0.2) is 30.5 Å². The van der Waals surface area contributed by atoms with Gasteiger partial charge >= 0.3 is 6.09 Å². The Morgan fingerprint density at radius 2 is 1.93 bits per heavy atom. The van der Waals surface area contributed by atoms with Crippen molar-refractivity contribution in [3.05, 3.63) is 30.5 Å². The minimum Gasteiger partial charge on any atom is -0.453 e. The van der Waals surface area contributed by atoms with Gasteiger partial charge in [0.1, 0.15) is 5.82 Å². The highest BCUT2D eigenvalue weighted by atomic mass is 16.5. The number of nitrogens with zero attached hydrogens (tertiary/aromatic N) is 5. The second kappa shape index (κ2) is 7.95. The van der Waals surface area contributed by atoms with Gasteiger partial charge in [-0.05, 0) is 25.2 Å². The number of hydrogen-bond acceptors (Lipinski definition) is 9. The highest BCUT2D eigenvalue weighted by Gasteiger charge is 2.19. The van der Waals surface area contributed by atoms with Crippen molar-refractivity contribution in [3.8, 4) is 0 Å². The average molecular weight is 411 g/mol. The van der Waals surface area contributed by atoms with Crippen molar-refractivity contribution in [2.24, 2.45) is 0 Å². The maximum absolute atomic E-state index is 11.9. The van der Waals surface area contributed by atoms with Crippen molar-refractivity contribution in [2.45, 2.75) is 0 Å². The molecule has 158 valence electrons. The van der Waals surface area contributed by atoms with Crippen LogP contribution in [0.3, 0.4) is 0 Å². The summed E-state index contributed by atoms with van der Waals surface area (Å²) in [7, 11) is 3.44. The van der Waals surface area contributed by atoms with Gasteiger partial charge in [-0.15, -0.1) is 5.10 Å². The van der Waals surface area contributed by atoms with E-state index in [-0.39, 0.29) is 0 Å². The van der Waals surface area contributed by atoms with Gasteiger partial charge in [-0.25, -0.2) is 9.78 Å². The van der Waals surface area contributed by atoms with E-state index in [4.69, 9.17) is 16.2 Å². The monoisotopic (exact) mass is 411 g/mol. The van der Waals surface area contributed by atoms with E-state index < -0.39 is 6.09 Å². The van der Waals surface area contributed by atoms with Gasteiger partial charge in [0.2, 0.25) is 0 Å². The van der Waals surface area contributed by atoms with E-state index >= 15 is 0 Å². The molecule has 30 heavy (non-hydrogen) atoms. The molecule has 0 spiro atoms. The van der Waals surface area contributed by atoms with Gasteiger partial charge in [-0.3, -0.25) is 5.32 Å². The van der Waals surface area contributed by atoms with Crippen LogP contribution in [0.25, 0.3) is 5.65 Å². The summed E-state index contributed by atoms with van der Waals surface area (Å²) in [6, 6.07) is 7.41. The maximum atomic E-state index is 11.9. The van der Waals surface area contributed by atoms with Crippen LogP contribution in [0, 0.1) is 0 Å². The quantitative estimate of drug-likeness (QED) is 0.504. The lowest BCUT2D eigenvalue weighted by Crippen LogP contribution is -2.44. The number of fused-ring (bicyclic) bond motifs is 1. The summed E-state index contributed by atoms with van der Waals surface area (Å²) in [5.74, 6) is 0.889. The van der Waals surface area contributed by atoms with E-state index in [2.05, 4.69) is 37.6 Å². The van der Waals surface area contributed by atoms with Crippen molar-refractivity contribution in [1.29, 1.82) is 0 Å². The molecule has 0 atom stereocenters. The number of hydrogen-bond donors (Lipinski definition) is 4. The Morgan fingerprint density at radius 1 is 1.17 bits per heavy atom. The predicted octanol–water partition coefficient (Wildman–Crippen LogP) is 1.57. The smallest absolute Gasteiger partial charge is 0.411 e. The molecule has 2 aromatic heterocycles. The molecule has 0 bridgehead atoms. The van der Waals surface area contributed by atoms with Crippen molar-refractivity contribution < 1.29 is 9.53 Å². The van der Waals surface area contributed by atoms with Crippen LogP contribution in [0.4, 0.5) is 39.2 Å². The highest BCUT2D eigenvalue weighted by molar-refractivity contribution is 5.91. The fourth-order valence-corrected chi connectivity index (χ4v) is 3.42. The van der Waals surface area contributed by atoms with Crippen molar-refractivity contribution in [1.82, 2.24) is 19.5 Å². The molecule has 3 aromatic rings. The van der Waals surface area contributed by atoms with Gasteiger partial charge in [0.05, 0.1) is 30.4 Å². The van der Waals surface area contributed by atoms with Gasteiger partial charge in [0.15, 0.2) is 11.5 Å². The van der Waals surface area contributed by atoms with Crippen molar-refractivity contribution in [3.63, 3.8) is 0 Å². The Labute approximate surface area is 173 Å². The molecule has 0 radical (unpaired) electrons. The van der Waals surface area contributed by atoms with Crippen LogP contribution in [0.5, 0.6) is 0 Å². The topological polar surface area (TPSA) is 139 Å². The fraction of sp³-hybridized carbons (Fsp3) is 0.316. The lowest BCUT2D eigenvalue weighted by Gasteiger charge is -2.35. The number of anilines is 6. The average Bonchev–Trinajstić information content (AvgIpc) is 3.10. The van der Waals surface area contributed by atoms with E-state index in [1.165, 1.54) is 17.8 Å². The van der Waals surface area contributed by atoms with Gasteiger partial charge in [-0.1, -0.05) is 0 Å². The maximum Gasteiger partial charge on any atom is 0.411 e. The number of ether oxygens (including phenoxy) is 1. The number of nitrogen functional groups attached to an aromatic ring is 2. The van der Waals surface area contributed by atoms with E-state index in [1.807, 2.05) is 18.2 Å². The van der Waals surface area contributed by atoms with Crippen molar-refractivity contribution in [2.75, 3.05) is 67.3 Å². The number of piperazine rings is 1. The first-order chi connectivity index (χ1) is 14.4. The normalized spacial score (nSPS) is 14.7. The Morgan fingerprint density at radius 3 is 2.67 bits per heavy atom. The first-order valence-electron chi connectivity index (χ1n) is 9.54. The SMILES string of the molecule is COC(=O)Nc1cc(Nc2cc(N)c3ncc(N)n3n2)ccc1N1CCN(C)CC1. The molecule has 1 fully saturated rings. The second-order valence-electron chi connectivity index (χ2n) is 7.17. The lowest BCUT2D eigenvalue weighted by atomic mass is 10.2. The number of methoxy groups -OCH3 is 1. The molecular formula is C19H25N9O2.